The smallest absolute Gasteiger partial charge is 0.188 e. The molecule has 0 fully saturated rings. The number of benzene rings is 4. The summed E-state index contributed by atoms with van der Waals surface area (Å²) in [6, 6.07) is 25.7. The number of carbonyl (C=O) groups is 1. The van der Waals surface area contributed by atoms with Crippen molar-refractivity contribution in [1.29, 1.82) is 0 Å². The van der Waals surface area contributed by atoms with E-state index in [9.17, 15) is 10.0 Å². The number of pyridine rings is 1. The molecule has 1 heterocycles. The molecule has 1 aromatic heterocycles. The van der Waals surface area contributed by atoms with Gasteiger partial charge in [0.2, 0.25) is 0 Å². The summed E-state index contributed by atoms with van der Waals surface area (Å²) in [5.74, 6) is 0.542. The van der Waals surface area contributed by atoms with Gasteiger partial charge in [0.15, 0.2) is 18.7 Å². The standard InChI is InChI=1S/C27H19NO3/c1-31-26-13-12-19(14-21(26)17-29)23-10-4-7-18-8-5-11-24(27(18)23)25-16-28(30)15-20-6-2-3-9-22(20)25/h2-17H,1H3. The highest BCUT2D eigenvalue weighted by molar-refractivity contribution is 6.10. The zero-order chi connectivity index (χ0) is 21.4. The second-order valence-electron chi connectivity index (χ2n) is 7.40. The second kappa shape index (κ2) is 7.58. The molecule has 4 aromatic carbocycles. The SMILES string of the molecule is COc1ccc(-c2cccc3cccc(-c4c[n+]([O-])cc5ccccc45)c23)cc1C=O. The summed E-state index contributed by atoms with van der Waals surface area (Å²) in [6.07, 6.45) is 4.02. The zero-order valence-corrected chi connectivity index (χ0v) is 16.9. The van der Waals surface area contributed by atoms with E-state index in [0.29, 0.717) is 11.3 Å². The van der Waals surface area contributed by atoms with Crippen molar-refractivity contribution >= 4 is 27.8 Å². The molecular weight excluding hydrogens is 386 g/mol. The number of aromatic nitrogens is 1. The number of carbonyl (C=O) groups excluding carboxylic acids is 1. The number of fused-ring (bicyclic) bond motifs is 2. The Morgan fingerprint density at radius 1 is 0.806 bits per heavy atom. The molecule has 0 radical (unpaired) electrons. The van der Waals surface area contributed by atoms with Crippen LogP contribution < -0.4 is 9.47 Å². The molecule has 0 aliphatic heterocycles. The van der Waals surface area contributed by atoms with Crippen molar-refractivity contribution in [3.8, 4) is 28.0 Å². The molecular formula is C27H19NO3. The van der Waals surface area contributed by atoms with Crippen LogP contribution in [-0.2, 0) is 0 Å². The van der Waals surface area contributed by atoms with Gasteiger partial charge in [0.25, 0.3) is 0 Å². The molecule has 0 aliphatic carbocycles. The highest BCUT2D eigenvalue weighted by atomic mass is 16.5. The molecule has 4 nitrogen and oxygen atoms in total. The van der Waals surface area contributed by atoms with Gasteiger partial charge in [-0.25, -0.2) is 0 Å². The summed E-state index contributed by atoms with van der Waals surface area (Å²) >= 11 is 0. The molecule has 4 heteroatoms. The number of nitrogens with zero attached hydrogens (tertiary/aromatic N) is 1. The van der Waals surface area contributed by atoms with E-state index in [1.807, 2.05) is 66.7 Å². The van der Waals surface area contributed by atoms with Crippen LogP contribution in [-0.4, -0.2) is 13.4 Å². The van der Waals surface area contributed by atoms with Crippen molar-refractivity contribution in [2.45, 2.75) is 0 Å². The highest BCUT2D eigenvalue weighted by Gasteiger charge is 2.16. The lowest BCUT2D eigenvalue weighted by Gasteiger charge is -2.14. The molecule has 0 unspecified atom stereocenters. The van der Waals surface area contributed by atoms with Crippen molar-refractivity contribution in [2.75, 3.05) is 7.11 Å². The molecule has 31 heavy (non-hydrogen) atoms. The van der Waals surface area contributed by atoms with E-state index in [0.717, 1.165) is 54.8 Å². The molecule has 5 rings (SSSR count). The molecule has 0 amide bonds. The maximum Gasteiger partial charge on any atom is 0.188 e. The third-order valence-corrected chi connectivity index (χ3v) is 5.64. The highest BCUT2D eigenvalue weighted by Crippen LogP contribution is 2.39. The van der Waals surface area contributed by atoms with Crippen LogP contribution >= 0.6 is 0 Å². The Labute approximate surface area is 179 Å². The first-order chi connectivity index (χ1) is 15.2. The van der Waals surface area contributed by atoms with Gasteiger partial charge in [-0.15, -0.1) is 0 Å². The Hall–Kier alpha value is -4.18. The normalized spacial score (nSPS) is 11.0. The van der Waals surface area contributed by atoms with Crippen molar-refractivity contribution < 1.29 is 14.3 Å². The van der Waals surface area contributed by atoms with Crippen molar-refractivity contribution in [3.63, 3.8) is 0 Å². The first-order valence-corrected chi connectivity index (χ1v) is 9.97. The topological polar surface area (TPSA) is 53.2 Å². The van der Waals surface area contributed by atoms with Crippen LogP contribution in [0.1, 0.15) is 10.4 Å². The van der Waals surface area contributed by atoms with E-state index in [1.165, 1.54) is 0 Å². The lowest BCUT2D eigenvalue weighted by molar-refractivity contribution is -0.603. The maximum absolute atomic E-state index is 12.4. The molecule has 0 bridgehead atoms. The third kappa shape index (κ3) is 3.19. The van der Waals surface area contributed by atoms with Gasteiger partial charge < -0.3 is 9.94 Å². The fourth-order valence-corrected chi connectivity index (χ4v) is 4.24. The van der Waals surface area contributed by atoms with Crippen LogP contribution in [0.25, 0.3) is 43.8 Å². The van der Waals surface area contributed by atoms with E-state index in [4.69, 9.17) is 4.74 Å². The van der Waals surface area contributed by atoms with Gasteiger partial charge in [0.05, 0.1) is 18.2 Å². The second-order valence-corrected chi connectivity index (χ2v) is 7.40. The lowest BCUT2D eigenvalue weighted by Crippen LogP contribution is -2.24. The Bertz CT molecular complexity index is 1450. The fourth-order valence-electron chi connectivity index (χ4n) is 4.24. The first-order valence-electron chi connectivity index (χ1n) is 9.97. The average Bonchev–Trinajstić information content (AvgIpc) is 2.82. The monoisotopic (exact) mass is 405 g/mol. The van der Waals surface area contributed by atoms with E-state index >= 15 is 0 Å². The summed E-state index contributed by atoms with van der Waals surface area (Å²) in [5, 5.41) is 16.4. The van der Waals surface area contributed by atoms with Crippen LogP contribution in [0.2, 0.25) is 0 Å². The largest absolute Gasteiger partial charge is 0.619 e. The average molecular weight is 405 g/mol. The summed E-state index contributed by atoms with van der Waals surface area (Å²) in [6.45, 7) is 0. The van der Waals surface area contributed by atoms with Gasteiger partial charge in [-0.05, 0) is 45.7 Å². The number of hydrogen-bond acceptors (Lipinski definition) is 3. The number of ether oxygens (including phenoxy) is 1. The van der Waals surface area contributed by atoms with E-state index in [-0.39, 0.29) is 0 Å². The minimum atomic E-state index is 0.497. The molecule has 0 atom stereocenters. The van der Waals surface area contributed by atoms with E-state index < -0.39 is 0 Å². The minimum Gasteiger partial charge on any atom is -0.619 e. The van der Waals surface area contributed by atoms with Gasteiger partial charge in [0.1, 0.15) is 5.75 Å². The molecule has 5 aromatic rings. The van der Waals surface area contributed by atoms with Gasteiger partial charge in [-0.1, -0.05) is 60.7 Å². The Morgan fingerprint density at radius 2 is 1.55 bits per heavy atom. The summed E-state index contributed by atoms with van der Waals surface area (Å²) in [7, 11) is 1.55. The fraction of sp³-hybridized carbons (Fsp3) is 0.0370. The van der Waals surface area contributed by atoms with Crippen LogP contribution in [0.3, 0.4) is 0 Å². The summed E-state index contributed by atoms with van der Waals surface area (Å²) in [4.78, 5) is 11.6. The third-order valence-electron chi connectivity index (χ3n) is 5.64. The van der Waals surface area contributed by atoms with E-state index in [2.05, 4.69) is 12.1 Å². The summed E-state index contributed by atoms with van der Waals surface area (Å²) in [5.41, 5.74) is 4.24. The molecule has 150 valence electrons. The Kier molecular flexibility index (Phi) is 4.60. The van der Waals surface area contributed by atoms with Crippen molar-refractivity contribution in [2.24, 2.45) is 0 Å². The Balaban J connectivity index is 1.85. The number of hydrogen-bond donors (Lipinski definition) is 0. The molecule has 0 spiro atoms. The number of aldehydes is 1. The minimum absolute atomic E-state index is 0.497. The molecule has 0 N–H and O–H groups in total. The molecule has 0 saturated heterocycles. The van der Waals surface area contributed by atoms with Crippen molar-refractivity contribution in [3.05, 3.63) is 102 Å². The van der Waals surface area contributed by atoms with Crippen LogP contribution in [0.15, 0.2) is 91.3 Å². The van der Waals surface area contributed by atoms with E-state index in [1.54, 1.807) is 19.5 Å². The maximum atomic E-state index is 12.4. The summed E-state index contributed by atoms with van der Waals surface area (Å²) < 4.78 is 6.16. The lowest BCUT2D eigenvalue weighted by atomic mass is 9.90. The zero-order valence-electron chi connectivity index (χ0n) is 16.9. The van der Waals surface area contributed by atoms with Gasteiger partial charge in [-0.3, -0.25) is 4.79 Å². The van der Waals surface area contributed by atoms with Gasteiger partial charge in [0, 0.05) is 10.8 Å². The molecule has 0 saturated carbocycles. The van der Waals surface area contributed by atoms with Crippen LogP contribution in [0, 0.1) is 5.21 Å². The quantitative estimate of drug-likeness (QED) is 0.216. The number of methoxy groups -OCH3 is 1. The molecule has 0 aliphatic rings. The van der Waals surface area contributed by atoms with Crippen LogP contribution in [0.5, 0.6) is 5.75 Å². The number of rotatable bonds is 4. The predicted octanol–water partition coefficient (Wildman–Crippen LogP) is 5.78. The van der Waals surface area contributed by atoms with Crippen molar-refractivity contribution in [1.82, 2.24) is 0 Å². The Morgan fingerprint density at radius 3 is 2.32 bits per heavy atom. The first kappa shape index (κ1) is 18.8. The van der Waals surface area contributed by atoms with Gasteiger partial charge >= 0.3 is 0 Å². The predicted molar refractivity (Wildman–Crippen MR) is 123 cm³/mol. The van der Waals surface area contributed by atoms with Crippen LogP contribution in [0.4, 0.5) is 0 Å². The van der Waals surface area contributed by atoms with Gasteiger partial charge in [-0.2, -0.15) is 4.73 Å².